The van der Waals surface area contributed by atoms with Crippen molar-refractivity contribution < 1.29 is 9.59 Å². The Morgan fingerprint density at radius 3 is 1.58 bits per heavy atom. The average Bonchev–Trinajstić information content (AvgIpc) is 2.56. The Labute approximate surface area is 150 Å². The van der Waals surface area contributed by atoms with Gasteiger partial charge in [-0.3, -0.25) is 4.79 Å². The van der Waals surface area contributed by atoms with Gasteiger partial charge in [0.15, 0.2) is 0 Å². The van der Waals surface area contributed by atoms with Crippen LogP contribution in [0.3, 0.4) is 0 Å². The number of carbonyl (C=O) groups is 2. The Bertz CT molecular complexity index is 302. The van der Waals surface area contributed by atoms with Gasteiger partial charge in [0.1, 0.15) is 6.29 Å². The molecule has 24 heavy (non-hydrogen) atoms. The highest BCUT2D eigenvalue weighted by Crippen LogP contribution is 2.13. The van der Waals surface area contributed by atoms with E-state index >= 15 is 0 Å². The largest absolute Gasteiger partial charge is 0.346 e. The molecule has 0 saturated heterocycles. The monoisotopic (exact) mass is 339 g/mol. The van der Waals surface area contributed by atoms with E-state index in [1.54, 1.807) is 0 Å². The summed E-state index contributed by atoms with van der Waals surface area (Å²) < 4.78 is 0. The molecule has 142 valence electrons. The smallest absolute Gasteiger partial charge is 0.220 e. The minimum Gasteiger partial charge on any atom is -0.346 e. The first-order chi connectivity index (χ1) is 11.6. The average molecular weight is 340 g/mol. The Kier molecular flexibility index (Phi) is 16.4. The highest BCUT2D eigenvalue weighted by Gasteiger charge is 2.14. The summed E-state index contributed by atoms with van der Waals surface area (Å²) in [6.45, 7) is 6.16. The first kappa shape index (κ1) is 23.1. The topological polar surface area (TPSA) is 46.2 Å². The van der Waals surface area contributed by atoms with E-state index in [4.69, 9.17) is 0 Å². The number of nitrogens with one attached hydrogen (secondary N) is 1. The van der Waals surface area contributed by atoms with E-state index in [1.165, 1.54) is 70.6 Å². The number of carbonyl (C=O) groups excluding carboxylic acids is 2. The van der Waals surface area contributed by atoms with Crippen molar-refractivity contribution >= 4 is 12.2 Å². The zero-order chi connectivity index (χ0) is 18.0. The van der Waals surface area contributed by atoms with Crippen LogP contribution in [-0.4, -0.2) is 18.2 Å². The van der Waals surface area contributed by atoms with Gasteiger partial charge in [0.2, 0.25) is 5.91 Å². The van der Waals surface area contributed by atoms with Gasteiger partial charge < -0.3 is 10.1 Å². The Balaban J connectivity index is 3.30. The molecule has 1 atom stereocenters. The summed E-state index contributed by atoms with van der Waals surface area (Å²) in [7, 11) is 0. The van der Waals surface area contributed by atoms with Crippen molar-refractivity contribution in [2.45, 2.75) is 117 Å². The number of hydrogen-bond donors (Lipinski definition) is 1. The number of rotatable bonds is 17. The quantitative estimate of drug-likeness (QED) is 0.268. The lowest BCUT2D eigenvalue weighted by molar-refractivity contribution is -0.124. The molecule has 0 bridgehead atoms. The zero-order valence-electron chi connectivity index (χ0n) is 16.4. The summed E-state index contributed by atoms with van der Waals surface area (Å²) in [6.07, 6.45) is 18.4. The van der Waals surface area contributed by atoms with E-state index in [-0.39, 0.29) is 17.9 Å². The van der Waals surface area contributed by atoms with Gasteiger partial charge in [-0.15, -0.1) is 0 Å². The Morgan fingerprint density at radius 1 is 0.792 bits per heavy atom. The van der Waals surface area contributed by atoms with Crippen LogP contribution in [0.25, 0.3) is 0 Å². The van der Waals surface area contributed by atoms with Gasteiger partial charge in [0.05, 0.1) is 6.04 Å². The van der Waals surface area contributed by atoms with E-state index in [9.17, 15) is 9.59 Å². The molecule has 0 spiro atoms. The van der Waals surface area contributed by atoms with Crippen LogP contribution in [0, 0.1) is 5.92 Å². The fourth-order valence-electron chi connectivity index (χ4n) is 2.92. The van der Waals surface area contributed by atoms with Gasteiger partial charge >= 0.3 is 0 Å². The fraction of sp³-hybridized carbons (Fsp3) is 0.905. The minimum absolute atomic E-state index is 0.0175. The van der Waals surface area contributed by atoms with Gasteiger partial charge in [0.25, 0.3) is 0 Å². The third-order valence-corrected chi connectivity index (χ3v) is 4.70. The second-order valence-corrected chi connectivity index (χ2v) is 7.47. The van der Waals surface area contributed by atoms with Crippen molar-refractivity contribution in [3.05, 3.63) is 0 Å². The first-order valence-electron chi connectivity index (χ1n) is 10.4. The second kappa shape index (κ2) is 17.0. The molecule has 1 amide bonds. The predicted octanol–water partition coefficient (Wildman–Crippen LogP) is 5.81. The normalized spacial score (nSPS) is 12.3. The van der Waals surface area contributed by atoms with Gasteiger partial charge in [-0.25, -0.2) is 0 Å². The van der Waals surface area contributed by atoms with Crippen LogP contribution < -0.4 is 5.32 Å². The first-order valence-corrected chi connectivity index (χ1v) is 10.4. The van der Waals surface area contributed by atoms with Crippen LogP contribution in [-0.2, 0) is 9.59 Å². The molecule has 0 heterocycles. The van der Waals surface area contributed by atoms with E-state index < -0.39 is 0 Å². The van der Waals surface area contributed by atoms with Crippen LogP contribution in [0.1, 0.15) is 111 Å². The third kappa shape index (κ3) is 14.7. The van der Waals surface area contributed by atoms with Gasteiger partial charge in [-0.2, -0.15) is 0 Å². The summed E-state index contributed by atoms with van der Waals surface area (Å²) >= 11 is 0. The van der Waals surface area contributed by atoms with Crippen molar-refractivity contribution in [1.29, 1.82) is 0 Å². The molecular formula is C21H41NO2. The second-order valence-electron chi connectivity index (χ2n) is 7.47. The van der Waals surface area contributed by atoms with Gasteiger partial charge in [-0.1, -0.05) is 97.8 Å². The summed E-state index contributed by atoms with van der Waals surface area (Å²) in [5.74, 6) is 0.182. The SMILES string of the molecule is CCCCCCCCCCCCCCCC(=O)NC(C=O)C(C)C. The van der Waals surface area contributed by atoms with Crippen molar-refractivity contribution in [1.82, 2.24) is 5.32 Å². The summed E-state index contributed by atoms with van der Waals surface area (Å²) in [5.41, 5.74) is 0. The number of unbranched alkanes of at least 4 members (excludes halogenated alkanes) is 12. The molecule has 1 unspecified atom stereocenters. The molecule has 3 heteroatoms. The minimum atomic E-state index is -0.334. The van der Waals surface area contributed by atoms with Crippen molar-refractivity contribution in [2.24, 2.45) is 5.92 Å². The van der Waals surface area contributed by atoms with Crippen LogP contribution in [0.2, 0.25) is 0 Å². The highest BCUT2D eigenvalue weighted by atomic mass is 16.2. The molecule has 0 aromatic carbocycles. The van der Waals surface area contributed by atoms with Crippen LogP contribution >= 0.6 is 0 Å². The maximum atomic E-state index is 11.7. The van der Waals surface area contributed by atoms with E-state index in [1.807, 2.05) is 13.8 Å². The fourth-order valence-corrected chi connectivity index (χ4v) is 2.92. The van der Waals surface area contributed by atoms with Gasteiger partial charge in [-0.05, 0) is 12.3 Å². The summed E-state index contributed by atoms with van der Waals surface area (Å²) in [5, 5.41) is 2.80. The molecule has 0 aliphatic rings. The molecule has 1 N–H and O–H groups in total. The molecule has 0 saturated carbocycles. The number of hydrogen-bond acceptors (Lipinski definition) is 2. The van der Waals surface area contributed by atoms with Crippen molar-refractivity contribution in [2.75, 3.05) is 0 Å². The molecule has 0 aliphatic carbocycles. The van der Waals surface area contributed by atoms with E-state index in [2.05, 4.69) is 12.2 Å². The van der Waals surface area contributed by atoms with Crippen LogP contribution in [0.4, 0.5) is 0 Å². The number of amides is 1. The Hall–Kier alpha value is -0.860. The molecule has 0 radical (unpaired) electrons. The molecule has 3 nitrogen and oxygen atoms in total. The number of aldehydes is 1. The standard InChI is InChI=1S/C21H41NO2/c1-4-5-6-7-8-9-10-11-12-13-14-15-16-17-21(24)22-20(18-23)19(2)3/h18-20H,4-17H2,1-3H3,(H,22,24). The summed E-state index contributed by atoms with van der Waals surface area (Å²) in [4.78, 5) is 22.6. The zero-order valence-corrected chi connectivity index (χ0v) is 16.4. The maximum absolute atomic E-state index is 11.7. The molecule has 0 rings (SSSR count). The van der Waals surface area contributed by atoms with E-state index in [0.717, 1.165) is 19.1 Å². The molecule has 0 fully saturated rings. The third-order valence-electron chi connectivity index (χ3n) is 4.70. The molecule has 0 aromatic rings. The lowest BCUT2D eigenvalue weighted by Gasteiger charge is -2.15. The lowest BCUT2D eigenvalue weighted by Crippen LogP contribution is -2.39. The maximum Gasteiger partial charge on any atom is 0.220 e. The van der Waals surface area contributed by atoms with Gasteiger partial charge in [0, 0.05) is 6.42 Å². The molecule has 0 aliphatic heterocycles. The summed E-state index contributed by atoms with van der Waals surface area (Å²) in [6, 6.07) is -0.334. The highest BCUT2D eigenvalue weighted by molar-refractivity contribution is 5.79. The lowest BCUT2D eigenvalue weighted by atomic mass is 10.0. The van der Waals surface area contributed by atoms with Crippen LogP contribution in [0.5, 0.6) is 0 Å². The predicted molar refractivity (Wildman–Crippen MR) is 103 cm³/mol. The van der Waals surface area contributed by atoms with Crippen molar-refractivity contribution in [3.8, 4) is 0 Å². The van der Waals surface area contributed by atoms with Crippen molar-refractivity contribution in [3.63, 3.8) is 0 Å². The Morgan fingerprint density at radius 2 is 1.21 bits per heavy atom. The van der Waals surface area contributed by atoms with E-state index in [0.29, 0.717) is 6.42 Å². The van der Waals surface area contributed by atoms with Crippen LogP contribution in [0.15, 0.2) is 0 Å². The molecule has 0 aromatic heterocycles. The molecular weight excluding hydrogens is 298 g/mol.